The number of pyridine rings is 1. The van der Waals surface area contributed by atoms with Gasteiger partial charge in [-0.25, -0.2) is 4.79 Å². The van der Waals surface area contributed by atoms with Gasteiger partial charge in [-0.15, -0.1) is 0 Å². The van der Waals surface area contributed by atoms with Gasteiger partial charge in [0.1, 0.15) is 0 Å². The Kier molecular flexibility index (Phi) is 4.52. The van der Waals surface area contributed by atoms with Gasteiger partial charge in [-0.1, -0.05) is 12.1 Å². The molecule has 0 aliphatic carbocycles. The average Bonchev–Trinajstić information content (AvgIpc) is 2.61. The molecule has 0 spiro atoms. The van der Waals surface area contributed by atoms with Crippen molar-refractivity contribution in [3.63, 3.8) is 0 Å². The van der Waals surface area contributed by atoms with E-state index >= 15 is 0 Å². The van der Waals surface area contributed by atoms with Gasteiger partial charge < -0.3 is 14.9 Å². The summed E-state index contributed by atoms with van der Waals surface area (Å²) in [7, 11) is 0. The third kappa shape index (κ3) is 3.84. The lowest BCUT2D eigenvalue weighted by molar-refractivity contribution is -0.137. The lowest BCUT2D eigenvalue weighted by Gasteiger charge is -2.34. The Bertz CT molecular complexity index is 754. The van der Waals surface area contributed by atoms with Gasteiger partial charge in [0, 0.05) is 31.7 Å². The van der Waals surface area contributed by atoms with Crippen molar-refractivity contribution in [3.8, 4) is 11.3 Å². The number of aromatic nitrogens is 1. The van der Waals surface area contributed by atoms with E-state index < -0.39 is 17.8 Å². The second-order valence-corrected chi connectivity index (χ2v) is 5.74. The molecule has 1 N–H and O–H groups in total. The highest BCUT2D eigenvalue weighted by molar-refractivity contribution is 5.66. The number of nitrogens with zero attached hydrogens (tertiary/aromatic N) is 3. The maximum absolute atomic E-state index is 12.8. The lowest BCUT2D eigenvalue weighted by atomic mass is 10.1. The molecular formula is C17H16F3N3O2. The van der Waals surface area contributed by atoms with Gasteiger partial charge in [-0.2, -0.15) is 13.2 Å². The van der Waals surface area contributed by atoms with E-state index in [0.717, 1.165) is 17.8 Å². The number of benzene rings is 1. The fraction of sp³-hybridized carbons (Fsp3) is 0.294. The molecule has 0 unspecified atom stereocenters. The van der Waals surface area contributed by atoms with Crippen LogP contribution in [0.1, 0.15) is 5.56 Å². The zero-order chi connectivity index (χ0) is 18.0. The minimum atomic E-state index is -4.39. The Hall–Kier alpha value is -2.77. The van der Waals surface area contributed by atoms with Crippen molar-refractivity contribution >= 4 is 11.8 Å². The van der Waals surface area contributed by atoms with Gasteiger partial charge in [0.25, 0.3) is 0 Å². The molecule has 2 aromatic rings. The van der Waals surface area contributed by atoms with E-state index in [1.165, 1.54) is 11.0 Å². The Morgan fingerprint density at radius 1 is 1.08 bits per heavy atom. The van der Waals surface area contributed by atoms with E-state index in [9.17, 15) is 18.0 Å². The normalized spacial score (nSPS) is 15.3. The summed E-state index contributed by atoms with van der Waals surface area (Å²) in [6.45, 7) is 1.92. The monoisotopic (exact) mass is 351 g/mol. The predicted molar refractivity (Wildman–Crippen MR) is 86.5 cm³/mol. The second-order valence-electron chi connectivity index (χ2n) is 5.74. The SMILES string of the molecule is O=C(O)N1CCN(c2ccc(-c3cccc(C(F)(F)F)c3)nc2)CC1. The average molecular weight is 351 g/mol. The van der Waals surface area contributed by atoms with E-state index in [1.807, 2.05) is 4.90 Å². The van der Waals surface area contributed by atoms with Crippen LogP contribution in [0.2, 0.25) is 0 Å². The first kappa shape index (κ1) is 17.1. The van der Waals surface area contributed by atoms with Gasteiger partial charge in [0.2, 0.25) is 0 Å². The molecule has 2 heterocycles. The summed E-state index contributed by atoms with van der Waals surface area (Å²) in [5.41, 5.74) is 0.970. The fourth-order valence-electron chi connectivity index (χ4n) is 2.75. The van der Waals surface area contributed by atoms with E-state index in [4.69, 9.17) is 5.11 Å². The number of carbonyl (C=O) groups is 1. The van der Waals surface area contributed by atoms with E-state index in [2.05, 4.69) is 4.98 Å². The molecule has 0 radical (unpaired) electrons. The van der Waals surface area contributed by atoms with Gasteiger partial charge in [0.15, 0.2) is 0 Å². The molecule has 1 aliphatic heterocycles. The van der Waals surface area contributed by atoms with Crippen LogP contribution in [0.4, 0.5) is 23.7 Å². The van der Waals surface area contributed by atoms with Gasteiger partial charge in [-0.05, 0) is 24.3 Å². The highest BCUT2D eigenvalue weighted by Crippen LogP contribution is 2.32. The zero-order valence-corrected chi connectivity index (χ0v) is 13.2. The molecule has 1 saturated heterocycles. The summed E-state index contributed by atoms with van der Waals surface area (Å²) in [6.07, 6.45) is -3.72. The van der Waals surface area contributed by atoms with Crippen molar-refractivity contribution in [2.24, 2.45) is 0 Å². The van der Waals surface area contributed by atoms with Crippen LogP contribution >= 0.6 is 0 Å². The van der Waals surface area contributed by atoms with Crippen molar-refractivity contribution in [1.29, 1.82) is 0 Å². The fourth-order valence-corrected chi connectivity index (χ4v) is 2.75. The summed E-state index contributed by atoms with van der Waals surface area (Å²) < 4.78 is 38.4. The van der Waals surface area contributed by atoms with Crippen molar-refractivity contribution < 1.29 is 23.1 Å². The van der Waals surface area contributed by atoms with Crippen LogP contribution in [0.15, 0.2) is 42.6 Å². The lowest BCUT2D eigenvalue weighted by Crippen LogP contribution is -2.48. The van der Waals surface area contributed by atoms with Crippen LogP contribution in [-0.2, 0) is 6.18 Å². The van der Waals surface area contributed by atoms with Gasteiger partial charge in [0.05, 0.1) is 23.1 Å². The van der Waals surface area contributed by atoms with Crippen molar-refractivity contribution in [2.45, 2.75) is 6.18 Å². The molecule has 132 valence electrons. The van der Waals surface area contributed by atoms with Crippen LogP contribution in [0, 0.1) is 0 Å². The van der Waals surface area contributed by atoms with Gasteiger partial charge in [-0.3, -0.25) is 4.98 Å². The van der Waals surface area contributed by atoms with Crippen molar-refractivity contribution in [2.75, 3.05) is 31.1 Å². The van der Waals surface area contributed by atoms with Crippen LogP contribution in [0.25, 0.3) is 11.3 Å². The molecule has 3 rings (SSSR count). The minimum Gasteiger partial charge on any atom is -0.465 e. The van der Waals surface area contributed by atoms with Crippen LogP contribution < -0.4 is 4.90 Å². The molecule has 8 heteroatoms. The van der Waals surface area contributed by atoms with Crippen LogP contribution in [-0.4, -0.2) is 47.3 Å². The minimum absolute atomic E-state index is 0.400. The van der Waals surface area contributed by atoms with Gasteiger partial charge >= 0.3 is 12.3 Å². The first-order chi connectivity index (χ1) is 11.8. The van der Waals surface area contributed by atoms with E-state index in [1.54, 1.807) is 24.4 Å². The Morgan fingerprint density at radius 3 is 2.36 bits per heavy atom. The quantitative estimate of drug-likeness (QED) is 0.899. The first-order valence-corrected chi connectivity index (χ1v) is 7.71. The molecule has 0 saturated carbocycles. The Labute approximate surface area is 142 Å². The third-order valence-electron chi connectivity index (χ3n) is 4.15. The number of anilines is 1. The highest BCUT2D eigenvalue weighted by atomic mass is 19.4. The summed E-state index contributed by atoms with van der Waals surface area (Å²) in [4.78, 5) is 18.5. The summed E-state index contributed by atoms with van der Waals surface area (Å²) in [5, 5.41) is 8.95. The topological polar surface area (TPSA) is 56.7 Å². The Morgan fingerprint density at radius 2 is 1.80 bits per heavy atom. The second kappa shape index (κ2) is 6.62. The number of hydrogen-bond donors (Lipinski definition) is 1. The predicted octanol–water partition coefficient (Wildman–Crippen LogP) is 3.57. The molecule has 1 aliphatic rings. The standard InChI is InChI=1S/C17H16F3N3O2/c18-17(19,20)13-3-1-2-12(10-13)15-5-4-14(11-21-15)22-6-8-23(9-7-22)16(24)25/h1-5,10-11H,6-9H2,(H,24,25). The molecule has 5 nitrogen and oxygen atoms in total. The number of piperazine rings is 1. The van der Waals surface area contributed by atoms with E-state index in [0.29, 0.717) is 37.4 Å². The summed E-state index contributed by atoms with van der Waals surface area (Å²) >= 11 is 0. The van der Waals surface area contributed by atoms with Crippen LogP contribution in [0.5, 0.6) is 0 Å². The molecule has 1 fully saturated rings. The summed E-state index contributed by atoms with van der Waals surface area (Å²) in [6, 6.07) is 8.52. The number of carboxylic acid groups (broad SMARTS) is 1. The maximum Gasteiger partial charge on any atom is 0.416 e. The maximum atomic E-state index is 12.8. The molecule has 1 amide bonds. The first-order valence-electron chi connectivity index (χ1n) is 7.71. The number of hydrogen-bond acceptors (Lipinski definition) is 3. The molecule has 1 aromatic heterocycles. The van der Waals surface area contributed by atoms with Crippen molar-refractivity contribution in [3.05, 3.63) is 48.2 Å². The molecule has 1 aromatic carbocycles. The highest BCUT2D eigenvalue weighted by Gasteiger charge is 2.30. The summed E-state index contributed by atoms with van der Waals surface area (Å²) in [5.74, 6) is 0. The molecule has 0 bridgehead atoms. The molecular weight excluding hydrogens is 335 g/mol. The largest absolute Gasteiger partial charge is 0.465 e. The van der Waals surface area contributed by atoms with E-state index in [-0.39, 0.29) is 0 Å². The zero-order valence-electron chi connectivity index (χ0n) is 13.2. The number of halogens is 3. The third-order valence-corrected chi connectivity index (χ3v) is 4.15. The Balaban J connectivity index is 1.74. The van der Waals surface area contributed by atoms with Crippen molar-refractivity contribution in [1.82, 2.24) is 9.88 Å². The number of rotatable bonds is 2. The molecule has 0 atom stereocenters. The van der Waals surface area contributed by atoms with Crippen LogP contribution in [0.3, 0.4) is 0 Å². The number of amides is 1. The number of alkyl halides is 3. The smallest absolute Gasteiger partial charge is 0.416 e. The molecule has 25 heavy (non-hydrogen) atoms.